The van der Waals surface area contributed by atoms with E-state index in [1.165, 1.54) is 12.7 Å². The minimum Gasteiger partial charge on any atom is -0.316 e. The number of hydrogen-bond donors (Lipinski definition) is 6. The van der Waals surface area contributed by atoms with Crippen molar-refractivity contribution in [3.63, 3.8) is 0 Å². The number of H-pyrrole nitrogens is 2. The fourth-order valence-electron chi connectivity index (χ4n) is 2.32. The summed E-state index contributed by atoms with van der Waals surface area (Å²) in [5.74, 6) is 1.50. The van der Waals surface area contributed by atoms with Gasteiger partial charge in [0.1, 0.15) is 12.7 Å². The number of rotatable bonds is 2. The van der Waals surface area contributed by atoms with Crippen LogP contribution in [0.4, 0.5) is 11.9 Å². The summed E-state index contributed by atoms with van der Waals surface area (Å²) in [6.07, 6.45) is 3.03. The number of aromatic amines is 2. The zero-order valence-corrected chi connectivity index (χ0v) is 14.8. The number of hydrogen-bond acceptors (Lipinski definition) is 10. The van der Waals surface area contributed by atoms with Crippen LogP contribution in [0.2, 0.25) is 0 Å². The van der Waals surface area contributed by atoms with Crippen molar-refractivity contribution in [2.45, 2.75) is 0 Å². The monoisotopic (exact) mass is 394 g/mol. The molecular formula is C12H24N12Ni. The van der Waals surface area contributed by atoms with Gasteiger partial charge in [0, 0.05) is 42.7 Å². The molecule has 25 heavy (non-hydrogen) atoms. The van der Waals surface area contributed by atoms with E-state index in [2.05, 4.69) is 61.4 Å². The second kappa shape index (κ2) is 11.0. The van der Waals surface area contributed by atoms with Gasteiger partial charge in [0.2, 0.25) is 11.9 Å². The molecule has 6 N–H and O–H groups in total. The minimum absolute atomic E-state index is 0. The molecule has 1 fully saturated rings. The molecule has 2 aromatic rings. The van der Waals surface area contributed by atoms with E-state index >= 15 is 0 Å². The average molecular weight is 395 g/mol. The van der Waals surface area contributed by atoms with Crippen molar-refractivity contribution in [3.8, 4) is 0 Å². The Bertz CT molecular complexity index is 480. The molecule has 13 heteroatoms. The van der Waals surface area contributed by atoms with Crippen LogP contribution in [0.25, 0.3) is 0 Å². The molecule has 0 amide bonds. The maximum absolute atomic E-state index is 4.21. The number of aromatic nitrogens is 6. The molecule has 3 heterocycles. The Morgan fingerprint density at radius 3 is 1.28 bits per heavy atom. The van der Waals surface area contributed by atoms with E-state index in [4.69, 9.17) is 0 Å². The predicted molar refractivity (Wildman–Crippen MR) is 89.2 cm³/mol. The quantitative estimate of drug-likeness (QED) is 0.301. The van der Waals surface area contributed by atoms with Crippen LogP contribution in [-0.4, -0.2) is 83.2 Å². The summed E-state index contributed by atoms with van der Waals surface area (Å²) >= 11 is 0. The Morgan fingerprint density at radius 1 is 0.640 bits per heavy atom. The van der Waals surface area contributed by atoms with Gasteiger partial charge in [-0.05, 0) is 0 Å². The van der Waals surface area contributed by atoms with E-state index in [1.54, 1.807) is 0 Å². The van der Waals surface area contributed by atoms with Crippen LogP contribution in [0.3, 0.4) is 0 Å². The SMILES string of the molecule is [Ni].c1n[nH]c(N2CNCCNCN(c3ncn[nH]3)CNCCNC2)n1. The van der Waals surface area contributed by atoms with E-state index in [1.807, 2.05) is 0 Å². The summed E-state index contributed by atoms with van der Waals surface area (Å²) in [7, 11) is 0. The smallest absolute Gasteiger partial charge is 0.223 e. The summed E-state index contributed by atoms with van der Waals surface area (Å²) < 4.78 is 0. The van der Waals surface area contributed by atoms with Crippen molar-refractivity contribution in [1.29, 1.82) is 0 Å². The normalized spacial score (nSPS) is 18.4. The van der Waals surface area contributed by atoms with Crippen LogP contribution in [0.15, 0.2) is 12.7 Å². The molecule has 3 rings (SSSR count). The average Bonchev–Trinajstić information content (AvgIpc) is 3.30. The van der Waals surface area contributed by atoms with Gasteiger partial charge in [-0.25, -0.2) is 10.2 Å². The first-order valence-electron chi connectivity index (χ1n) is 7.97. The fraction of sp³-hybridized carbons (Fsp3) is 0.667. The van der Waals surface area contributed by atoms with Crippen molar-refractivity contribution in [2.24, 2.45) is 0 Å². The molecule has 1 aliphatic heterocycles. The molecule has 1 saturated heterocycles. The van der Waals surface area contributed by atoms with Gasteiger partial charge in [0.15, 0.2) is 0 Å². The molecule has 0 spiro atoms. The Kier molecular flexibility index (Phi) is 8.56. The standard InChI is InChI=1S/C12H24N12.Ni/c1-2-14-8-24(12-18-6-20-22-12)10-16-4-3-15-9-23(7-13-1)11-17-5-19-21-11;/h5-6,13-16H,1-4,7-10H2,(H,17,19,21)(H,18,20,22);. The van der Waals surface area contributed by atoms with E-state index in [-0.39, 0.29) is 16.5 Å². The first-order chi connectivity index (χ1) is 11.9. The van der Waals surface area contributed by atoms with Gasteiger partial charge >= 0.3 is 0 Å². The van der Waals surface area contributed by atoms with E-state index < -0.39 is 0 Å². The van der Waals surface area contributed by atoms with Gasteiger partial charge in [0.25, 0.3) is 0 Å². The van der Waals surface area contributed by atoms with Gasteiger partial charge in [-0.2, -0.15) is 20.2 Å². The summed E-state index contributed by atoms with van der Waals surface area (Å²) in [6, 6.07) is 0. The van der Waals surface area contributed by atoms with Crippen LogP contribution < -0.4 is 31.1 Å². The molecule has 2 aromatic heterocycles. The Hall–Kier alpha value is -1.79. The Morgan fingerprint density at radius 2 is 1.00 bits per heavy atom. The minimum atomic E-state index is 0. The van der Waals surface area contributed by atoms with Crippen molar-refractivity contribution in [1.82, 2.24) is 51.6 Å². The van der Waals surface area contributed by atoms with E-state index in [0.717, 1.165) is 38.1 Å². The van der Waals surface area contributed by atoms with Gasteiger partial charge in [-0.15, -0.1) is 0 Å². The number of anilines is 2. The molecule has 12 nitrogen and oxygen atoms in total. The Labute approximate surface area is 155 Å². The molecule has 0 atom stereocenters. The molecule has 142 valence electrons. The summed E-state index contributed by atoms with van der Waals surface area (Å²) in [6.45, 7) is 6.08. The van der Waals surface area contributed by atoms with Crippen LogP contribution in [-0.2, 0) is 16.5 Å². The molecule has 0 saturated carbocycles. The summed E-state index contributed by atoms with van der Waals surface area (Å²) in [5, 5.41) is 27.2. The van der Waals surface area contributed by atoms with Crippen molar-refractivity contribution in [3.05, 3.63) is 12.7 Å². The van der Waals surface area contributed by atoms with Gasteiger partial charge in [-0.1, -0.05) is 0 Å². The predicted octanol–water partition coefficient (Wildman–Crippen LogP) is -2.56. The van der Waals surface area contributed by atoms with Gasteiger partial charge < -0.3 is 9.80 Å². The second-order valence-electron chi connectivity index (χ2n) is 5.33. The molecule has 0 radical (unpaired) electrons. The van der Waals surface area contributed by atoms with E-state index in [0.29, 0.717) is 26.7 Å². The fourth-order valence-corrected chi connectivity index (χ4v) is 2.32. The van der Waals surface area contributed by atoms with Crippen LogP contribution in [0, 0.1) is 0 Å². The number of nitrogens with zero attached hydrogens (tertiary/aromatic N) is 6. The first-order valence-corrected chi connectivity index (χ1v) is 7.97. The Balaban J connectivity index is 0.00000225. The third-order valence-electron chi connectivity index (χ3n) is 3.57. The molecule has 0 bridgehead atoms. The third-order valence-corrected chi connectivity index (χ3v) is 3.57. The van der Waals surface area contributed by atoms with Crippen LogP contribution >= 0.6 is 0 Å². The molecule has 0 aliphatic carbocycles. The topological polar surface area (TPSA) is 138 Å². The van der Waals surface area contributed by atoms with Crippen molar-refractivity contribution < 1.29 is 16.5 Å². The molecule has 0 unspecified atom stereocenters. The molecule has 1 aliphatic rings. The maximum Gasteiger partial charge on any atom is 0.223 e. The maximum atomic E-state index is 4.21. The van der Waals surface area contributed by atoms with Gasteiger partial charge in [0.05, 0.1) is 26.7 Å². The number of nitrogens with one attached hydrogen (secondary N) is 6. The van der Waals surface area contributed by atoms with E-state index in [9.17, 15) is 0 Å². The summed E-state index contributed by atoms with van der Waals surface area (Å²) in [4.78, 5) is 12.5. The van der Waals surface area contributed by atoms with Crippen LogP contribution in [0.1, 0.15) is 0 Å². The third kappa shape index (κ3) is 6.22. The zero-order valence-electron chi connectivity index (χ0n) is 13.8. The molecular weight excluding hydrogens is 371 g/mol. The largest absolute Gasteiger partial charge is 0.316 e. The first kappa shape index (κ1) is 19.5. The zero-order chi connectivity index (χ0) is 16.5. The molecule has 0 aromatic carbocycles. The summed E-state index contributed by atoms with van der Waals surface area (Å²) in [5.41, 5.74) is 0. The van der Waals surface area contributed by atoms with Gasteiger partial charge in [-0.3, -0.25) is 21.3 Å². The van der Waals surface area contributed by atoms with Crippen molar-refractivity contribution in [2.75, 3.05) is 62.7 Å². The second-order valence-corrected chi connectivity index (χ2v) is 5.33. The van der Waals surface area contributed by atoms with Crippen LogP contribution in [0.5, 0.6) is 0 Å². The van der Waals surface area contributed by atoms with Crippen molar-refractivity contribution >= 4 is 11.9 Å².